The van der Waals surface area contributed by atoms with E-state index >= 15 is 0 Å². The minimum atomic E-state index is -0.336. The van der Waals surface area contributed by atoms with Crippen molar-refractivity contribution in [1.82, 2.24) is 10.3 Å². The molecule has 0 radical (unpaired) electrons. The Morgan fingerprint density at radius 3 is 2.86 bits per heavy atom. The Kier molecular flexibility index (Phi) is 6.81. The first-order valence-corrected chi connectivity index (χ1v) is 11.4. The van der Waals surface area contributed by atoms with E-state index in [9.17, 15) is 4.79 Å². The van der Waals surface area contributed by atoms with E-state index in [0.717, 1.165) is 16.5 Å². The van der Waals surface area contributed by atoms with Gasteiger partial charge in [-0.15, -0.1) is 23.1 Å². The fraction of sp³-hybridized carbons (Fsp3) is 0.450. The molecule has 1 aliphatic heterocycles. The Balaban J connectivity index is 1.49. The molecule has 1 saturated heterocycles. The van der Waals surface area contributed by atoms with Crippen LogP contribution in [0.3, 0.4) is 0 Å². The number of ether oxygens (including phenoxy) is 1. The van der Waals surface area contributed by atoms with E-state index in [1.54, 1.807) is 6.20 Å². The minimum Gasteiger partial charge on any atom is -0.389 e. The molecule has 7 nitrogen and oxygen atoms in total. The van der Waals surface area contributed by atoms with Crippen LogP contribution in [0.25, 0.3) is 0 Å². The van der Waals surface area contributed by atoms with Gasteiger partial charge in [-0.25, -0.2) is 4.98 Å². The van der Waals surface area contributed by atoms with Crippen molar-refractivity contribution in [2.75, 3.05) is 25.6 Å². The molecule has 2 aromatic rings. The zero-order valence-electron chi connectivity index (χ0n) is 16.2. The fourth-order valence-corrected chi connectivity index (χ4v) is 4.67. The number of nitrogens with zero attached hydrogens (tertiary/aromatic N) is 2. The molecule has 1 aromatic heterocycles. The molecule has 2 heterocycles. The lowest BCUT2D eigenvalue weighted by Crippen LogP contribution is -2.25. The Morgan fingerprint density at radius 2 is 2.17 bits per heavy atom. The highest BCUT2D eigenvalue weighted by molar-refractivity contribution is 8.00. The molecule has 1 atom stereocenters. The van der Waals surface area contributed by atoms with Crippen LogP contribution < -0.4 is 10.6 Å². The topological polar surface area (TPSA) is 84.8 Å². The summed E-state index contributed by atoms with van der Waals surface area (Å²) in [7, 11) is 1.87. The van der Waals surface area contributed by atoms with Gasteiger partial charge in [-0.2, -0.15) is 0 Å². The summed E-state index contributed by atoms with van der Waals surface area (Å²) in [6.45, 7) is 1.86. The molecule has 29 heavy (non-hydrogen) atoms. The first-order chi connectivity index (χ1) is 14.2. The van der Waals surface area contributed by atoms with Crippen LogP contribution in [-0.4, -0.2) is 48.2 Å². The zero-order valence-corrected chi connectivity index (χ0v) is 17.9. The van der Waals surface area contributed by atoms with Crippen molar-refractivity contribution in [2.45, 2.75) is 42.1 Å². The van der Waals surface area contributed by atoms with Gasteiger partial charge in [-0.05, 0) is 32.0 Å². The molecule has 9 heteroatoms. The molecule has 4 rings (SSSR count). The molecule has 2 N–H and O–H groups in total. The van der Waals surface area contributed by atoms with E-state index in [4.69, 9.17) is 9.57 Å². The van der Waals surface area contributed by atoms with E-state index in [1.807, 2.05) is 43.1 Å². The van der Waals surface area contributed by atoms with Gasteiger partial charge in [0.1, 0.15) is 0 Å². The number of thioether (sulfide) groups is 1. The number of nitrogens with one attached hydrogen (secondary N) is 2. The minimum absolute atomic E-state index is 0.121. The van der Waals surface area contributed by atoms with Gasteiger partial charge in [-0.1, -0.05) is 17.3 Å². The molecule has 2 fully saturated rings. The van der Waals surface area contributed by atoms with Crippen LogP contribution in [-0.2, 0) is 20.9 Å². The third-order valence-electron chi connectivity index (χ3n) is 4.48. The lowest BCUT2D eigenvalue weighted by molar-refractivity contribution is -0.110. The molecule has 0 bridgehead atoms. The van der Waals surface area contributed by atoms with Crippen molar-refractivity contribution in [3.8, 4) is 0 Å². The number of carbonyl (C=O) groups is 1. The molecular formula is C20H24N4O3S2. The summed E-state index contributed by atoms with van der Waals surface area (Å²) in [6, 6.07) is 7.92. The number of oxime groups is 1. The number of amides is 1. The quantitative estimate of drug-likeness (QED) is 0.467. The van der Waals surface area contributed by atoms with Gasteiger partial charge in [0, 0.05) is 39.7 Å². The highest BCUT2D eigenvalue weighted by atomic mass is 32.2. The average molecular weight is 433 g/mol. The van der Waals surface area contributed by atoms with Crippen LogP contribution in [0.1, 0.15) is 29.7 Å². The lowest BCUT2D eigenvalue weighted by Gasteiger charge is -2.10. The van der Waals surface area contributed by atoms with Crippen molar-refractivity contribution < 1.29 is 14.4 Å². The third-order valence-corrected chi connectivity index (χ3v) is 6.74. The number of hydrogen-bond donors (Lipinski definition) is 2. The predicted molar refractivity (Wildman–Crippen MR) is 116 cm³/mol. The van der Waals surface area contributed by atoms with E-state index in [1.165, 1.54) is 29.1 Å². The molecule has 1 aromatic carbocycles. The Hall–Kier alpha value is -1.94. The van der Waals surface area contributed by atoms with Gasteiger partial charge in [0.2, 0.25) is 0 Å². The largest absolute Gasteiger partial charge is 0.389 e. The van der Waals surface area contributed by atoms with E-state index < -0.39 is 0 Å². The molecule has 0 spiro atoms. The summed E-state index contributed by atoms with van der Waals surface area (Å²) in [5.41, 5.74) is 0.957. The molecular weight excluding hydrogens is 408 g/mol. The van der Waals surface area contributed by atoms with Crippen LogP contribution >= 0.6 is 23.1 Å². The second-order valence-corrected chi connectivity index (χ2v) is 9.48. The second-order valence-electron chi connectivity index (χ2n) is 6.99. The number of carbonyl (C=O) groups excluding carboxylic acids is 1. The third kappa shape index (κ3) is 5.79. The number of aromatic nitrogens is 1. The zero-order chi connectivity index (χ0) is 20.1. The fourth-order valence-electron chi connectivity index (χ4n) is 2.80. The van der Waals surface area contributed by atoms with Gasteiger partial charge in [0.15, 0.2) is 16.9 Å². The SMILES string of the molecule is CNCc1cnc(NC(=O)/C(=N/O[C@@H]2CCOC2)c2ccc(SC3CC3)cc2)s1. The highest BCUT2D eigenvalue weighted by Gasteiger charge is 2.23. The number of anilines is 1. The highest BCUT2D eigenvalue weighted by Crippen LogP contribution is 2.39. The standard InChI is InChI=1S/C20H24N4O3S2/c1-21-10-17-11-22-20(29-17)23-19(25)18(24-27-14-8-9-26-12-14)13-2-4-15(5-3-13)28-16-6-7-16/h2-5,11,14,16,21H,6-10,12H2,1H3,(H,22,23,25)/b24-18+/t14-/m1/s1. The molecule has 1 amide bonds. The van der Waals surface area contributed by atoms with Crippen molar-refractivity contribution in [1.29, 1.82) is 0 Å². The Bertz CT molecular complexity index is 859. The van der Waals surface area contributed by atoms with Crippen LogP contribution in [0.4, 0.5) is 5.13 Å². The summed E-state index contributed by atoms with van der Waals surface area (Å²) < 4.78 is 5.32. The summed E-state index contributed by atoms with van der Waals surface area (Å²) >= 11 is 3.31. The normalized spacial score (nSPS) is 19.3. The Morgan fingerprint density at radius 1 is 1.34 bits per heavy atom. The van der Waals surface area contributed by atoms with E-state index in [2.05, 4.69) is 20.8 Å². The van der Waals surface area contributed by atoms with Crippen molar-refractivity contribution in [2.24, 2.45) is 5.16 Å². The summed E-state index contributed by atoms with van der Waals surface area (Å²) in [5.74, 6) is -0.336. The molecule has 154 valence electrons. The summed E-state index contributed by atoms with van der Waals surface area (Å²) in [4.78, 5) is 25.1. The molecule has 2 aliphatic rings. The molecule has 0 unspecified atom stereocenters. The average Bonchev–Trinajstić information content (AvgIpc) is 3.18. The lowest BCUT2D eigenvalue weighted by atomic mass is 10.1. The first kappa shape index (κ1) is 20.3. The van der Waals surface area contributed by atoms with Crippen LogP contribution in [0.2, 0.25) is 0 Å². The molecule has 1 aliphatic carbocycles. The maximum absolute atomic E-state index is 13.0. The number of rotatable bonds is 9. The number of hydrogen-bond acceptors (Lipinski definition) is 8. The Labute approximate surface area is 178 Å². The van der Waals surface area contributed by atoms with E-state index in [-0.39, 0.29) is 17.7 Å². The van der Waals surface area contributed by atoms with Gasteiger partial charge in [-0.3, -0.25) is 10.1 Å². The van der Waals surface area contributed by atoms with Gasteiger partial charge in [0.25, 0.3) is 5.91 Å². The number of thiazole rings is 1. The van der Waals surface area contributed by atoms with Crippen LogP contribution in [0.15, 0.2) is 40.5 Å². The second kappa shape index (κ2) is 9.71. The number of benzene rings is 1. The van der Waals surface area contributed by atoms with Crippen LogP contribution in [0.5, 0.6) is 0 Å². The van der Waals surface area contributed by atoms with Crippen LogP contribution in [0, 0.1) is 0 Å². The van der Waals surface area contributed by atoms with Gasteiger partial charge < -0.3 is 14.9 Å². The van der Waals surface area contributed by atoms with E-state index in [0.29, 0.717) is 30.5 Å². The smallest absolute Gasteiger partial charge is 0.280 e. The van der Waals surface area contributed by atoms with Crippen molar-refractivity contribution >= 4 is 39.8 Å². The van der Waals surface area contributed by atoms with Crippen molar-refractivity contribution in [3.05, 3.63) is 40.9 Å². The predicted octanol–water partition coefficient (Wildman–Crippen LogP) is 3.27. The van der Waals surface area contributed by atoms with Crippen molar-refractivity contribution in [3.63, 3.8) is 0 Å². The maximum atomic E-state index is 13.0. The van der Waals surface area contributed by atoms with Gasteiger partial charge >= 0.3 is 0 Å². The monoisotopic (exact) mass is 432 g/mol. The first-order valence-electron chi connectivity index (χ1n) is 9.70. The summed E-state index contributed by atoms with van der Waals surface area (Å²) in [6.07, 6.45) is 4.97. The summed E-state index contributed by atoms with van der Waals surface area (Å²) in [5, 5.41) is 11.4. The van der Waals surface area contributed by atoms with Gasteiger partial charge in [0.05, 0.1) is 13.2 Å². The maximum Gasteiger partial charge on any atom is 0.280 e. The molecule has 1 saturated carbocycles.